The molecule has 0 spiro atoms. The summed E-state index contributed by atoms with van der Waals surface area (Å²) in [5.41, 5.74) is 0.0262. The third kappa shape index (κ3) is 8.69. The summed E-state index contributed by atoms with van der Waals surface area (Å²) in [6.07, 6.45) is -4.38. The molecule has 0 heterocycles. The lowest BCUT2D eigenvalue weighted by Crippen LogP contribution is -2.42. The maximum Gasteiger partial charge on any atom is 0.500 e. The fourth-order valence-electron chi connectivity index (χ4n) is 2.42. The van der Waals surface area contributed by atoms with Crippen LogP contribution in [0.4, 0.5) is 13.2 Å². The van der Waals surface area contributed by atoms with Crippen LogP contribution in [0.5, 0.6) is 0 Å². The molecule has 0 bridgehead atoms. The first-order valence-corrected chi connectivity index (χ1v) is 10.5. The first-order chi connectivity index (χ1) is 12.8. The lowest BCUT2D eigenvalue weighted by atomic mass is 10.1. The minimum Gasteiger partial charge on any atom is -0.389 e. The quantitative estimate of drug-likeness (QED) is 0.384. The van der Waals surface area contributed by atoms with E-state index in [0.717, 1.165) is 12.1 Å². The van der Waals surface area contributed by atoms with Crippen molar-refractivity contribution in [3.63, 3.8) is 0 Å². The van der Waals surface area contributed by atoms with Gasteiger partial charge in [-0.1, -0.05) is 12.1 Å². The molecule has 0 saturated heterocycles. The van der Waals surface area contributed by atoms with Gasteiger partial charge in [-0.05, 0) is 24.1 Å². The topological polar surface area (TPSA) is 69.2 Å². The summed E-state index contributed by atoms with van der Waals surface area (Å²) in [4.78, 5) is 0. The first-order valence-electron chi connectivity index (χ1n) is 8.54. The Balaban J connectivity index is 2.18. The van der Waals surface area contributed by atoms with Gasteiger partial charge in [-0.2, -0.15) is 13.2 Å². The van der Waals surface area contributed by atoms with E-state index in [-0.39, 0.29) is 13.2 Å². The maximum absolute atomic E-state index is 12.5. The molecule has 0 radical (unpaired) electrons. The molecule has 1 aromatic carbocycles. The molecule has 10 heteroatoms. The highest BCUT2D eigenvalue weighted by atomic mass is 28.4. The highest BCUT2D eigenvalue weighted by Crippen LogP contribution is 2.29. The van der Waals surface area contributed by atoms with E-state index in [1.807, 2.05) is 0 Å². The number of alkyl halides is 3. The largest absolute Gasteiger partial charge is 0.500 e. The van der Waals surface area contributed by atoms with Gasteiger partial charge in [0.05, 0.1) is 18.3 Å². The van der Waals surface area contributed by atoms with Gasteiger partial charge >= 0.3 is 15.0 Å². The van der Waals surface area contributed by atoms with Crippen LogP contribution in [0.2, 0.25) is 6.04 Å². The van der Waals surface area contributed by atoms with E-state index in [2.05, 4.69) is 5.32 Å². The molecule has 2 N–H and O–H groups in total. The van der Waals surface area contributed by atoms with Gasteiger partial charge in [0, 0.05) is 47.1 Å². The van der Waals surface area contributed by atoms with Gasteiger partial charge < -0.3 is 28.4 Å². The lowest BCUT2D eigenvalue weighted by Gasteiger charge is -2.24. The summed E-state index contributed by atoms with van der Waals surface area (Å²) in [6, 6.07) is 5.52. The van der Waals surface area contributed by atoms with Gasteiger partial charge in [0.1, 0.15) is 0 Å². The molecular formula is C17H28F3NO5Si. The Morgan fingerprint density at radius 2 is 1.67 bits per heavy atom. The van der Waals surface area contributed by atoms with E-state index in [1.54, 1.807) is 21.3 Å². The molecule has 1 aromatic rings. The second-order valence-corrected chi connectivity index (χ2v) is 9.04. The van der Waals surface area contributed by atoms with Crippen LogP contribution < -0.4 is 5.32 Å². The Morgan fingerprint density at radius 1 is 1.07 bits per heavy atom. The Hall–Kier alpha value is -1.01. The van der Waals surface area contributed by atoms with Crippen molar-refractivity contribution < 1.29 is 36.3 Å². The van der Waals surface area contributed by atoms with E-state index in [0.29, 0.717) is 31.2 Å². The normalized spacial score (nSPS) is 13.7. The molecule has 0 aliphatic carbocycles. The van der Waals surface area contributed by atoms with E-state index >= 15 is 0 Å². The summed E-state index contributed by atoms with van der Waals surface area (Å²) in [7, 11) is 2.05. The molecular weight excluding hydrogens is 383 g/mol. The fraction of sp³-hybridized carbons (Fsp3) is 0.647. The minimum atomic E-state index is -4.34. The summed E-state index contributed by atoms with van der Waals surface area (Å²) < 4.78 is 58.8. The van der Waals surface area contributed by atoms with E-state index in [4.69, 9.17) is 18.0 Å². The van der Waals surface area contributed by atoms with Gasteiger partial charge in [0.25, 0.3) is 0 Å². The number of rotatable bonds is 13. The van der Waals surface area contributed by atoms with Gasteiger partial charge in [0.15, 0.2) is 0 Å². The average molecular weight is 411 g/mol. The molecule has 0 aliphatic heterocycles. The number of ether oxygens (including phenoxy) is 1. The SMILES string of the molecule is CO[Si](CCCOCC(O)CNCc1ccc(C(F)(F)F)cc1)(OC)OC. The third-order valence-corrected chi connectivity index (χ3v) is 6.84. The van der Waals surface area contributed by atoms with Crippen molar-refractivity contribution in [1.29, 1.82) is 0 Å². The summed E-state index contributed by atoms with van der Waals surface area (Å²) in [6.45, 7) is 1.22. The molecule has 0 amide bonds. The van der Waals surface area contributed by atoms with Crippen LogP contribution in [0, 0.1) is 0 Å². The van der Waals surface area contributed by atoms with E-state index < -0.39 is 26.6 Å². The Labute approximate surface area is 158 Å². The van der Waals surface area contributed by atoms with Crippen LogP contribution in [0.1, 0.15) is 17.5 Å². The van der Waals surface area contributed by atoms with E-state index in [9.17, 15) is 18.3 Å². The standard InChI is InChI=1S/C17H28F3NO5Si/c1-23-27(24-2,25-3)10-4-9-26-13-16(22)12-21-11-14-5-7-15(8-6-14)17(18,19)20/h5-8,16,21-22H,4,9-13H2,1-3H3. The van der Waals surface area contributed by atoms with Crippen molar-refractivity contribution in [3.8, 4) is 0 Å². The van der Waals surface area contributed by atoms with Gasteiger partial charge in [-0.15, -0.1) is 0 Å². The number of hydrogen-bond acceptors (Lipinski definition) is 6. The zero-order valence-corrected chi connectivity index (χ0v) is 16.8. The Kier molecular flexibility index (Phi) is 10.5. The number of benzene rings is 1. The molecule has 1 rings (SSSR count). The highest BCUT2D eigenvalue weighted by Gasteiger charge is 2.36. The van der Waals surface area contributed by atoms with Crippen molar-refractivity contribution >= 4 is 8.80 Å². The van der Waals surface area contributed by atoms with Crippen molar-refractivity contribution in [2.24, 2.45) is 0 Å². The number of halogens is 3. The zero-order chi connectivity index (χ0) is 20.3. The first kappa shape index (κ1) is 24.0. The fourth-order valence-corrected chi connectivity index (χ4v) is 4.11. The predicted molar refractivity (Wildman–Crippen MR) is 96.2 cm³/mol. The molecule has 0 saturated carbocycles. The number of aliphatic hydroxyl groups excluding tert-OH is 1. The molecule has 27 heavy (non-hydrogen) atoms. The highest BCUT2D eigenvalue weighted by molar-refractivity contribution is 6.60. The van der Waals surface area contributed by atoms with Crippen LogP contribution in [-0.2, 0) is 30.7 Å². The lowest BCUT2D eigenvalue weighted by molar-refractivity contribution is -0.137. The van der Waals surface area contributed by atoms with Crippen molar-refractivity contribution in [1.82, 2.24) is 5.32 Å². The Bertz CT molecular complexity index is 518. The van der Waals surface area contributed by atoms with Crippen LogP contribution in [-0.4, -0.2) is 61.1 Å². The van der Waals surface area contributed by atoms with Crippen LogP contribution in [0.15, 0.2) is 24.3 Å². The zero-order valence-electron chi connectivity index (χ0n) is 15.8. The molecule has 1 atom stereocenters. The van der Waals surface area contributed by atoms with Gasteiger partial charge in [-0.3, -0.25) is 0 Å². The summed E-state index contributed by atoms with van der Waals surface area (Å²) >= 11 is 0. The monoisotopic (exact) mass is 411 g/mol. The Morgan fingerprint density at radius 3 is 2.19 bits per heavy atom. The summed E-state index contributed by atoms with van der Waals surface area (Å²) in [5.74, 6) is 0. The molecule has 0 fully saturated rings. The van der Waals surface area contributed by atoms with Crippen molar-refractivity contribution in [2.75, 3.05) is 41.1 Å². The number of aliphatic hydroxyl groups is 1. The average Bonchev–Trinajstić information content (AvgIpc) is 2.65. The summed E-state index contributed by atoms with van der Waals surface area (Å²) in [5, 5.41) is 12.9. The van der Waals surface area contributed by atoms with E-state index in [1.165, 1.54) is 12.1 Å². The number of nitrogens with one attached hydrogen (secondary N) is 1. The van der Waals surface area contributed by atoms with Crippen LogP contribution in [0.3, 0.4) is 0 Å². The van der Waals surface area contributed by atoms with Crippen LogP contribution >= 0.6 is 0 Å². The van der Waals surface area contributed by atoms with Crippen LogP contribution in [0.25, 0.3) is 0 Å². The molecule has 0 aliphatic rings. The van der Waals surface area contributed by atoms with Crippen molar-refractivity contribution in [3.05, 3.63) is 35.4 Å². The second kappa shape index (κ2) is 11.7. The van der Waals surface area contributed by atoms with Gasteiger partial charge in [0.2, 0.25) is 0 Å². The molecule has 0 aromatic heterocycles. The number of hydrogen-bond donors (Lipinski definition) is 2. The third-order valence-electron chi connectivity index (χ3n) is 4.01. The maximum atomic E-state index is 12.5. The molecule has 156 valence electrons. The van der Waals surface area contributed by atoms with Gasteiger partial charge in [-0.25, -0.2) is 0 Å². The second-order valence-electron chi connectivity index (χ2n) is 5.95. The smallest absolute Gasteiger partial charge is 0.389 e. The predicted octanol–water partition coefficient (Wildman–Crippen LogP) is 2.44. The molecule has 6 nitrogen and oxygen atoms in total. The minimum absolute atomic E-state index is 0.154. The van der Waals surface area contributed by atoms with Crippen molar-refractivity contribution in [2.45, 2.75) is 31.3 Å². The molecule has 1 unspecified atom stereocenters.